The minimum absolute atomic E-state index is 0.0844. The lowest BCUT2D eigenvalue weighted by molar-refractivity contribution is 0.0953. The van der Waals surface area contributed by atoms with Crippen molar-refractivity contribution >= 4 is 15.7 Å². The molecule has 1 atom stereocenters. The summed E-state index contributed by atoms with van der Waals surface area (Å²) < 4.78 is 31.5. The number of methoxy groups -OCH3 is 1. The van der Waals surface area contributed by atoms with Crippen molar-refractivity contribution in [1.82, 2.24) is 10.3 Å². The Balaban J connectivity index is 1.87. The van der Waals surface area contributed by atoms with Crippen LogP contribution in [0.25, 0.3) is 0 Å². The van der Waals surface area contributed by atoms with Crippen molar-refractivity contribution in [3.05, 3.63) is 90.3 Å². The highest BCUT2D eigenvalue weighted by Crippen LogP contribution is 2.28. The number of rotatable bonds is 7. The van der Waals surface area contributed by atoms with Crippen molar-refractivity contribution in [2.45, 2.75) is 10.1 Å². The van der Waals surface area contributed by atoms with Gasteiger partial charge in [-0.1, -0.05) is 30.3 Å². The molecule has 0 spiro atoms. The van der Waals surface area contributed by atoms with Gasteiger partial charge < -0.3 is 10.1 Å². The van der Waals surface area contributed by atoms with Crippen molar-refractivity contribution in [2.75, 3.05) is 13.7 Å². The highest BCUT2D eigenvalue weighted by Gasteiger charge is 2.29. The first-order chi connectivity index (χ1) is 13.5. The van der Waals surface area contributed by atoms with E-state index >= 15 is 0 Å². The number of aromatic nitrogens is 1. The fourth-order valence-corrected chi connectivity index (χ4v) is 4.46. The summed E-state index contributed by atoms with van der Waals surface area (Å²) in [5.41, 5.74) is 0.902. The van der Waals surface area contributed by atoms with Gasteiger partial charge in [0.1, 0.15) is 11.0 Å². The predicted molar refractivity (Wildman–Crippen MR) is 106 cm³/mol. The van der Waals surface area contributed by atoms with E-state index in [9.17, 15) is 13.2 Å². The second kappa shape index (κ2) is 8.67. The summed E-state index contributed by atoms with van der Waals surface area (Å²) in [6, 6.07) is 18.2. The maximum Gasteiger partial charge on any atom is 0.251 e. The van der Waals surface area contributed by atoms with Gasteiger partial charge in [-0.15, -0.1) is 0 Å². The van der Waals surface area contributed by atoms with Crippen LogP contribution in [0.15, 0.2) is 84.0 Å². The molecular weight excluding hydrogens is 376 g/mol. The highest BCUT2D eigenvalue weighted by atomic mass is 32.2. The second-order valence-corrected chi connectivity index (χ2v) is 8.21. The van der Waals surface area contributed by atoms with E-state index in [4.69, 9.17) is 4.74 Å². The fourth-order valence-electron chi connectivity index (χ4n) is 2.80. The molecule has 0 fully saturated rings. The summed E-state index contributed by atoms with van der Waals surface area (Å²) in [7, 11) is -2.21. The van der Waals surface area contributed by atoms with Crippen molar-refractivity contribution in [3.63, 3.8) is 0 Å². The topological polar surface area (TPSA) is 85.4 Å². The molecule has 0 aliphatic rings. The molecule has 7 heteroatoms. The van der Waals surface area contributed by atoms with Gasteiger partial charge in [0, 0.05) is 24.5 Å². The molecule has 0 saturated heterocycles. The minimum atomic E-state index is -3.72. The van der Waals surface area contributed by atoms with E-state index in [1.807, 2.05) is 0 Å². The molecule has 0 aliphatic heterocycles. The number of pyridine rings is 1. The molecule has 0 saturated carbocycles. The number of nitrogens with one attached hydrogen (secondary N) is 1. The molecule has 1 amide bonds. The SMILES string of the molecule is COc1cccc(C(=O)NCC(c2cccnc2)S(=O)(=O)c2ccccc2)c1. The number of nitrogens with zero attached hydrogens (tertiary/aromatic N) is 1. The van der Waals surface area contributed by atoms with Crippen molar-refractivity contribution in [3.8, 4) is 5.75 Å². The van der Waals surface area contributed by atoms with Crippen LogP contribution in [0, 0.1) is 0 Å². The third kappa shape index (κ3) is 4.37. The molecule has 144 valence electrons. The fraction of sp³-hybridized carbons (Fsp3) is 0.143. The van der Waals surface area contributed by atoms with Crippen LogP contribution in [0.4, 0.5) is 0 Å². The predicted octanol–water partition coefficient (Wildman–Crippen LogP) is 3.04. The van der Waals surface area contributed by atoms with Gasteiger partial charge in [-0.3, -0.25) is 9.78 Å². The highest BCUT2D eigenvalue weighted by molar-refractivity contribution is 7.91. The summed E-state index contributed by atoms with van der Waals surface area (Å²) in [6.45, 7) is -0.0844. The van der Waals surface area contributed by atoms with Crippen molar-refractivity contribution in [1.29, 1.82) is 0 Å². The quantitative estimate of drug-likeness (QED) is 0.663. The van der Waals surface area contributed by atoms with Crippen LogP contribution in [-0.4, -0.2) is 33.0 Å². The van der Waals surface area contributed by atoms with E-state index < -0.39 is 15.1 Å². The first kappa shape index (κ1) is 19.6. The Labute approximate surface area is 164 Å². The number of benzene rings is 2. The first-order valence-corrected chi connectivity index (χ1v) is 10.2. The molecule has 2 aromatic carbocycles. The number of sulfone groups is 1. The molecule has 0 radical (unpaired) electrons. The van der Waals surface area contributed by atoms with Crippen LogP contribution in [0.2, 0.25) is 0 Å². The van der Waals surface area contributed by atoms with E-state index in [1.165, 1.54) is 13.3 Å². The molecule has 1 N–H and O–H groups in total. The van der Waals surface area contributed by atoms with Gasteiger partial charge in [-0.05, 0) is 42.0 Å². The van der Waals surface area contributed by atoms with Crippen LogP contribution in [0.3, 0.4) is 0 Å². The average molecular weight is 396 g/mol. The maximum atomic E-state index is 13.2. The Bertz CT molecular complexity index is 1040. The second-order valence-electron chi connectivity index (χ2n) is 6.08. The van der Waals surface area contributed by atoms with Gasteiger partial charge in [-0.2, -0.15) is 0 Å². The molecule has 1 aromatic heterocycles. The van der Waals surface area contributed by atoms with Crippen LogP contribution >= 0.6 is 0 Å². The van der Waals surface area contributed by atoms with Gasteiger partial charge in [0.05, 0.1) is 12.0 Å². The molecule has 0 bridgehead atoms. The minimum Gasteiger partial charge on any atom is -0.497 e. The molecule has 1 unspecified atom stereocenters. The summed E-state index contributed by atoms with van der Waals surface area (Å²) in [5.74, 6) is 0.171. The Morgan fingerprint density at radius 3 is 2.54 bits per heavy atom. The van der Waals surface area contributed by atoms with Gasteiger partial charge in [-0.25, -0.2) is 8.42 Å². The lowest BCUT2D eigenvalue weighted by Crippen LogP contribution is -2.32. The summed E-state index contributed by atoms with van der Waals surface area (Å²) >= 11 is 0. The third-order valence-corrected chi connectivity index (χ3v) is 6.40. The van der Waals surface area contributed by atoms with Crippen LogP contribution in [-0.2, 0) is 9.84 Å². The molecule has 3 rings (SSSR count). The van der Waals surface area contributed by atoms with Crippen LogP contribution < -0.4 is 10.1 Å². The van der Waals surface area contributed by atoms with Crippen molar-refractivity contribution < 1.29 is 17.9 Å². The van der Waals surface area contributed by atoms with Crippen LogP contribution in [0.1, 0.15) is 21.2 Å². The summed E-state index contributed by atoms with van der Waals surface area (Å²) in [5, 5.41) is 1.76. The van der Waals surface area contributed by atoms with Gasteiger partial charge in [0.25, 0.3) is 5.91 Å². The number of hydrogen-bond donors (Lipinski definition) is 1. The number of hydrogen-bond acceptors (Lipinski definition) is 5. The normalized spacial score (nSPS) is 12.2. The number of ether oxygens (including phenoxy) is 1. The largest absolute Gasteiger partial charge is 0.497 e. The molecule has 6 nitrogen and oxygen atoms in total. The molecule has 0 aliphatic carbocycles. The lowest BCUT2D eigenvalue weighted by Gasteiger charge is -2.19. The zero-order chi connectivity index (χ0) is 20.0. The first-order valence-electron chi connectivity index (χ1n) is 8.63. The zero-order valence-corrected chi connectivity index (χ0v) is 16.1. The lowest BCUT2D eigenvalue weighted by atomic mass is 10.2. The average Bonchev–Trinajstić information content (AvgIpc) is 2.75. The zero-order valence-electron chi connectivity index (χ0n) is 15.3. The van der Waals surface area contributed by atoms with E-state index in [0.717, 1.165) is 0 Å². The van der Waals surface area contributed by atoms with E-state index in [-0.39, 0.29) is 17.3 Å². The molecule has 1 heterocycles. The summed E-state index contributed by atoms with van der Waals surface area (Å²) in [6.07, 6.45) is 3.08. The maximum absolute atomic E-state index is 13.2. The Morgan fingerprint density at radius 2 is 1.86 bits per heavy atom. The number of carbonyl (C=O) groups excluding carboxylic acids is 1. The van der Waals surface area contributed by atoms with E-state index in [2.05, 4.69) is 10.3 Å². The van der Waals surface area contributed by atoms with Crippen molar-refractivity contribution in [2.24, 2.45) is 0 Å². The van der Waals surface area contributed by atoms with E-state index in [1.54, 1.807) is 72.9 Å². The third-order valence-electron chi connectivity index (χ3n) is 4.28. The van der Waals surface area contributed by atoms with Crippen LogP contribution in [0.5, 0.6) is 5.75 Å². The number of carbonyl (C=O) groups is 1. The van der Waals surface area contributed by atoms with Gasteiger partial charge in [0.15, 0.2) is 9.84 Å². The molecular formula is C21H20N2O4S. The Kier molecular flexibility index (Phi) is 6.06. The summed E-state index contributed by atoms with van der Waals surface area (Å²) in [4.78, 5) is 16.8. The molecule has 3 aromatic rings. The standard InChI is InChI=1S/C21H20N2O4S/c1-27-18-9-5-7-16(13-18)21(24)23-15-20(17-8-6-12-22-14-17)28(25,26)19-10-3-2-4-11-19/h2-14,20H,15H2,1H3,(H,23,24). The Hall–Kier alpha value is -3.19. The van der Waals surface area contributed by atoms with E-state index in [0.29, 0.717) is 16.9 Å². The number of amides is 1. The molecule has 28 heavy (non-hydrogen) atoms. The van der Waals surface area contributed by atoms with Gasteiger partial charge >= 0.3 is 0 Å². The monoisotopic (exact) mass is 396 g/mol. The smallest absolute Gasteiger partial charge is 0.251 e. The Morgan fingerprint density at radius 1 is 1.07 bits per heavy atom. The van der Waals surface area contributed by atoms with Gasteiger partial charge in [0.2, 0.25) is 0 Å².